The van der Waals surface area contributed by atoms with Crippen molar-refractivity contribution in [3.8, 4) is 23.1 Å². The van der Waals surface area contributed by atoms with Gasteiger partial charge in [-0.15, -0.1) is 5.10 Å². The van der Waals surface area contributed by atoms with Crippen LogP contribution >= 0.6 is 11.6 Å². The number of aromatic nitrogens is 2. The minimum atomic E-state index is 0.00225. The van der Waals surface area contributed by atoms with Gasteiger partial charge in [-0.1, -0.05) is 23.7 Å². The summed E-state index contributed by atoms with van der Waals surface area (Å²) in [5, 5.41) is 17.2. The molecular formula is C11H9ClN2O3. The maximum Gasteiger partial charge on any atom is 0.278 e. The molecule has 0 aliphatic rings. The summed E-state index contributed by atoms with van der Waals surface area (Å²) in [6.45, 7) is 0. The average Bonchev–Trinajstić information content (AvgIpc) is 2.34. The zero-order valence-electron chi connectivity index (χ0n) is 8.92. The topological polar surface area (TPSA) is 64.5 Å². The van der Waals surface area contributed by atoms with Crippen molar-refractivity contribution in [1.29, 1.82) is 0 Å². The number of hydrogen-bond acceptors (Lipinski definition) is 5. The van der Waals surface area contributed by atoms with E-state index in [1.165, 1.54) is 19.4 Å². The van der Waals surface area contributed by atoms with E-state index in [9.17, 15) is 5.11 Å². The highest BCUT2D eigenvalue weighted by atomic mass is 35.5. The number of para-hydroxylation sites is 2. The van der Waals surface area contributed by atoms with Crippen LogP contribution in [0.3, 0.4) is 0 Å². The predicted octanol–water partition coefficient (Wildman–Crippen LogP) is 2.64. The van der Waals surface area contributed by atoms with Crippen LogP contribution < -0.4 is 9.47 Å². The molecular weight excluding hydrogens is 244 g/mol. The van der Waals surface area contributed by atoms with E-state index in [2.05, 4.69) is 10.2 Å². The van der Waals surface area contributed by atoms with Gasteiger partial charge in [0.2, 0.25) is 5.75 Å². The van der Waals surface area contributed by atoms with Gasteiger partial charge >= 0.3 is 0 Å². The van der Waals surface area contributed by atoms with Gasteiger partial charge in [-0.05, 0) is 12.1 Å². The summed E-state index contributed by atoms with van der Waals surface area (Å²) >= 11 is 5.92. The molecule has 2 rings (SSSR count). The standard InChI is InChI=1S/C11H9ClN2O3/c1-16-11-10(7(12)6-13-14-11)17-9-5-3-2-4-8(9)15/h2-6,15H,1H3. The summed E-state index contributed by atoms with van der Waals surface area (Å²) in [6, 6.07) is 6.52. The van der Waals surface area contributed by atoms with E-state index >= 15 is 0 Å². The molecule has 0 saturated heterocycles. The normalized spacial score (nSPS) is 10.0. The van der Waals surface area contributed by atoms with Crippen molar-refractivity contribution in [2.45, 2.75) is 0 Å². The number of phenolic OH excluding ortho intramolecular Hbond substituents is 1. The second-order valence-corrected chi connectivity index (χ2v) is 3.51. The highest BCUT2D eigenvalue weighted by molar-refractivity contribution is 6.32. The molecule has 88 valence electrons. The second-order valence-electron chi connectivity index (χ2n) is 3.10. The van der Waals surface area contributed by atoms with Crippen LogP contribution in [0, 0.1) is 0 Å². The smallest absolute Gasteiger partial charge is 0.278 e. The zero-order valence-corrected chi connectivity index (χ0v) is 9.68. The molecule has 0 unspecified atom stereocenters. The minimum absolute atomic E-state index is 0.00225. The van der Waals surface area contributed by atoms with Gasteiger partial charge in [0.25, 0.3) is 5.88 Å². The number of hydrogen-bond donors (Lipinski definition) is 1. The van der Waals surface area contributed by atoms with Crippen LogP contribution in [-0.4, -0.2) is 22.4 Å². The van der Waals surface area contributed by atoms with Gasteiger partial charge in [0.05, 0.1) is 13.3 Å². The molecule has 5 nitrogen and oxygen atoms in total. The summed E-state index contributed by atoms with van der Waals surface area (Å²) in [4.78, 5) is 0. The molecule has 0 fully saturated rings. The lowest BCUT2D eigenvalue weighted by Gasteiger charge is -2.10. The number of methoxy groups -OCH3 is 1. The van der Waals surface area contributed by atoms with Crippen molar-refractivity contribution >= 4 is 11.6 Å². The fourth-order valence-corrected chi connectivity index (χ4v) is 1.38. The van der Waals surface area contributed by atoms with E-state index in [1.54, 1.807) is 18.2 Å². The zero-order chi connectivity index (χ0) is 12.3. The first-order valence-electron chi connectivity index (χ1n) is 4.73. The summed E-state index contributed by atoms with van der Waals surface area (Å²) in [5.41, 5.74) is 0. The van der Waals surface area contributed by atoms with Crippen LogP contribution in [0.1, 0.15) is 0 Å². The van der Waals surface area contributed by atoms with Crippen LogP contribution in [0.15, 0.2) is 30.5 Å². The van der Waals surface area contributed by atoms with Crippen molar-refractivity contribution in [1.82, 2.24) is 10.2 Å². The molecule has 0 spiro atoms. The Morgan fingerprint density at radius 3 is 2.76 bits per heavy atom. The predicted molar refractivity (Wildman–Crippen MR) is 61.8 cm³/mol. The Morgan fingerprint density at radius 2 is 2.06 bits per heavy atom. The lowest BCUT2D eigenvalue weighted by atomic mass is 10.3. The quantitative estimate of drug-likeness (QED) is 0.910. The van der Waals surface area contributed by atoms with Crippen LogP contribution in [0.4, 0.5) is 0 Å². The maximum absolute atomic E-state index is 9.58. The highest BCUT2D eigenvalue weighted by Crippen LogP contribution is 2.38. The van der Waals surface area contributed by atoms with Crippen molar-refractivity contribution in [2.75, 3.05) is 7.11 Å². The molecule has 6 heteroatoms. The number of benzene rings is 1. The van der Waals surface area contributed by atoms with Crippen molar-refractivity contribution in [2.24, 2.45) is 0 Å². The summed E-state index contributed by atoms with van der Waals surface area (Å²) in [5.74, 6) is 0.634. The molecule has 0 aliphatic carbocycles. The van der Waals surface area contributed by atoms with E-state index in [1.807, 2.05) is 0 Å². The lowest BCUT2D eigenvalue weighted by Crippen LogP contribution is -1.95. The fraction of sp³-hybridized carbons (Fsp3) is 0.0909. The Balaban J connectivity index is 2.39. The van der Waals surface area contributed by atoms with Gasteiger partial charge in [-0.25, -0.2) is 0 Å². The summed E-state index contributed by atoms with van der Waals surface area (Å²) in [7, 11) is 1.43. The number of nitrogens with zero attached hydrogens (tertiary/aromatic N) is 2. The number of ether oxygens (including phenoxy) is 2. The maximum atomic E-state index is 9.58. The molecule has 0 saturated carbocycles. The first-order chi connectivity index (χ1) is 8.22. The molecule has 0 aliphatic heterocycles. The molecule has 0 amide bonds. The molecule has 2 aromatic rings. The largest absolute Gasteiger partial charge is 0.504 e. The second kappa shape index (κ2) is 4.88. The van der Waals surface area contributed by atoms with Gasteiger partial charge in [0.15, 0.2) is 11.5 Å². The molecule has 0 atom stereocenters. The van der Waals surface area contributed by atoms with E-state index in [0.717, 1.165) is 0 Å². The van der Waals surface area contributed by atoms with E-state index < -0.39 is 0 Å². The molecule has 0 radical (unpaired) electrons. The summed E-state index contributed by atoms with van der Waals surface area (Å²) < 4.78 is 10.4. The van der Waals surface area contributed by atoms with Crippen LogP contribution in [0.25, 0.3) is 0 Å². The molecule has 17 heavy (non-hydrogen) atoms. The van der Waals surface area contributed by atoms with Gasteiger partial charge in [-0.3, -0.25) is 0 Å². The van der Waals surface area contributed by atoms with Crippen LogP contribution in [0.2, 0.25) is 5.02 Å². The van der Waals surface area contributed by atoms with Crippen LogP contribution in [0.5, 0.6) is 23.1 Å². The molecule has 1 heterocycles. The SMILES string of the molecule is COc1nncc(Cl)c1Oc1ccccc1O. The van der Waals surface area contributed by atoms with Crippen molar-refractivity contribution in [3.63, 3.8) is 0 Å². The Bertz CT molecular complexity index is 534. The van der Waals surface area contributed by atoms with E-state index in [4.69, 9.17) is 21.1 Å². The Labute approximate surface area is 103 Å². The Hall–Kier alpha value is -2.01. The van der Waals surface area contributed by atoms with Gasteiger partial charge in [-0.2, -0.15) is 5.10 Å². The summed E-state index contributed by atoms with van der Waals surface area (Å²) in [6.07, 6.45) is 1.33. The fourth-order valence-electron chi connectivity index (χ4n) is 1.22. The number of phenols is 1. The van der Waals surface area contributed by atoms with E-state index in [-0.39, 0.29) is 28.2 Å². The number of halogens is 1. The first kappa shape index (κ1) is 11.5. The molecule has 1 N–H and O–H groups in total. The van der Waals surface area contributed by atoms with Gasteiger partial charge < -0.3 is 14.6 Å². The van der Waals surface area contributed by atoms with Gasteiger partial charge in [0.1, 0.15) is 5.02 Å². The molecule has 1 aromatic heterocycles. The van der Waals surface area contributed by atoms with Crippen molar-refractivity contribution in [3.05, 3.63) is 35.5 Å². The van der Waals surface area contributed by atoms with Crippen molar-refractivity contribution < 1.29 is 14.6 Å². The Kier molecular flexibility index (Phi) is 3.30. The van der Waals surface area contributed by atoms with E-state index in [0.29, 0.717) is 0 Å². The third-order valence-corrected chi connectivity index (χ3v) is 2.27. The molecule has 0 bridgehead atoms. The van der Waals surface area contributed by atoms with Crippen LogP contribution in [-0.2, 0) is 0 Å². The third-order valence-electron chi connectivity index (χ3n) is 2.00. The van der Waals surface area contributed by atoms with Gasteiger partial charge in [0, 0.05) is 0 Å². The highest BCUT2D eigenvalue weighted by Gasteiger charge is 2.14. The minimum Gasteiger partial charge on any atom is -0.504 e. The number of rotatable bonds is 3. The third kappa shape index (κ3) is 2.39. The average molecular weight is 253 g/mol. The lowest BCUT2D eigenvalue weighted by molar-refractivity contribution is 0.350. The number of aromatic hydroxyl groups is 1. The monoisotopic (exact) mass is 252 g/mol. The molecule has 1 aromatic carbocycles. The Morgan fingerprint density at radius 1 is 1.29 bits per heavy atom. The first-order valence-corrected chi connectivity index (χ1v) is 5.11.